The van der Waals surface area contributed by atoms with Crippen molar-refractivity contribution < 1.29 is 9.84 Å². The summed E-state index contributed by atoms with van der Waals surface area (Å²) in [6.45, 7) is 3.49. The predicted molar refractivity (Wildman–Crippen MR) is 128 cm³/mol. The summed E-state index contributed by atoms with van der Waals surface area (Å²) in [5.41, 5.74) is 3.16. The van der Waals surface area contributed by atoms with Crippen LogP contribution in [0.2, 0.25) is 0 Å². The van der Waals surface area contributed by atoms with E-state index in [0.717, 1.165) is 46.5 Å². The van der Waals surface area contributed by atoms with Gasteiger partial charge in [0.15, 0.2) is 0 Å². The van der Waals surface area contributed by atoms with Gasteiger partial charge in [-0.2, -0.15) is 4.98 Å². The van der Waals surface area contributed by atoms with Crippen molar-refractivity contribution >= 4 is 33.4 Å². The first-order chi connectivity index (χ1) is 15.1. The number of hydrogen-bond donors (Lipinski definition) is 4. The third-order valence-electron chi connectivity index (χ3n) is 4.82. The average molecular weight is 486 g/mol. The molecule has 4 N–H and O–H groups in total. The number of ether oxygens (including phenoxy) is 1. The van der Waals surface area contributed by atoms with Gasteiger partial charge in [-0.3, -0.25) is 0 Å². The number of nitrogens with zero attached hydrogens (tertiary/aromatic N) is 2. The van der Waals surface area contributed by atoms with E-state index >= 15 is 0 Å². The minimum Gasteiger partial charge on any atom is -0.496 e. The van der Waals surface area contributed by atoms with Gasteiger partial charge in [0, 0.05) is 30.5 Å². The van der Waals surface area contributed by atoms with E-state index < -0.39 is 0 Å². The van der Waals surface area contributed by atoms with Crippen LogP contribution in [0.15, 0.2) is 59.2 Å². The van der Waals surface area contributed by atoms with Gasteiger partial charge in [-0.05, 0) is 46.1 Å². The zero-order valence-electron chi connectivity index (χ0n) is 17.7. The van der Waals surface area contributed by atoms with Crippen molar-refractivity contribution in [2.24, 2.45) is 0 Å². The van der Waals surface area contributed by atoms with E-state index in [1.165, 1.54) is 0 Å². The van der Waals surface area contributed by atoms with Crippen LogP contribution in [-0.2, 0) is 13.1 Å². The third kappa shape index (κ3) is 6.65. The number of aliphatic hydroxyl groups excluding tert-OH is 1. The Balaban J connectivity index is 1.62. The molecular formula is C23H28BrN5O2. The summed E-state index contributed by atoms with van der Waals surface area (Å²) in [5.74, 6) is 2.01. The molecule has 0 saturated carbocycles. The molecule has 1 aromatic heterocycles. The van der Waals surface area contributed by atoms with E-state index in [1.807, 2.05) is 37.3 Å². The fraction of sp³-hybridized carbons (Fsp3) is 0.304. The quantitative estimate of drug-likeness (QED) is 0.318. The second-order valence-corrected chi connectivity index (χ2v) is 7.92. The van der Waals surface area contributed by atoms with Crippen LogP contribution in [0.3, 0.4) is 0 Å². The summed E-state index contributed by atoms with van der Waals surface area (Å²) in [4.78, 5) is 8.88. The van der Waals surface area contributed by atoms with E-state index in [-0.39, 0.29) is 12.6 Å². The number of rotatable bonds is 11. The summed E-state index contributed by atoms with van der Waals surface area (Å²) in [6.07, 6.45) is 2.49. The lowest BCUT2D eigenvalue weighted by Gasteiger charge is -2.16. The van der Waals surface area contributed by atoms with Crippen LogP contribution in [0.4, 0.5) is 17.5 Å². The number of methoxy groups -OCH3 is 1. The van der Waals surface area contributed by atoms with Gasteiger partial charge in [0.05, 0.1) is 24.2 Å². The molecule has 0 radical (unpaired) electrons. The van der Waals surface area contributed by atoms with Crippen LogP contribution in [0, 0.1) is 0 Å². The summed E-state index contributed by atoms with van der Waals surface area (Å²) in [6, 6.07) is 16.1. The van der Waals surface area contributed by atoms with E-state index in [0.29, 0.717) is 11.8 Å². The van der Waals surface area contributed by atoms with Crippen molar-refractivity contribution in [3.63, 3.8) is 0 Å². The Morgan fingerprint density at radius 2 is 1.97 bits per heavy atom. The van der Waals surface area contributed by atoms with Crippen molar-refractivity contribution in [1.82, 2.24) is 15.3 Å². The van der Waals surface area contributed by atoms with E-state index in [9.17, 15) is 5.11 Å². The Morgan fingerprint density at radius 3 is 2.74 bits per heavy atom. The average Bonchev–Trinajstić information content (AvgIpc) is 2.80. The number of para-hydroxylation sites is 1. The first-order valence-electron chi connectivity index (χ1n) is 10.2. The number of aliphatic hydroxyl groups is 1. The first-order valence-corrected chi connectivity index (χ1v) is 11.0. The zero-order chi connectivity index (χ0) is 22.1. The van der Waals surface area contributed by atoms with Gasteiger partial charge in [-0.25, -0.2) is 4.98 Å². The Kier molecular flexibility index (Phi) is 8.63. The molecule has 1 atom stereocenters. The molecule has 0 aliphatic heterocycles. The summed E-state index contributed by atoms with van der Waals surface area (Å²) >= 11 is 3.46. The minimum atomic E-state index is -0.0586. The number of halogens is 1. The highest BCUT2D eigenvalue weighted by Gasteiger charge is 2.10. The number of hydrogen-bond acceptors (Lipinski definition) is 7. The maximum atomic E-state index is 9.44. The Hall–Kier alpha value is -2.68. The normalized spacial score (nSPS) is 11.7. The molecule has 0 amide bonds. The monoisotopic (exact) mass is 485 g/mol. The molecule has 0 aliphatic carbocycles. The number of aromatic nitrogens is 2. The van der Waals surface area contributed by atoms with E-state index in [4.69, 9.17) is 4.74 Å². The van der Waals surface area contributed by atoms with Crippen LogP contribution >= 0.6 is 15.9 Å². The molecule has 31 heavy (non-hydrogen) atoms. The van der Waals surface area contributed by atoms with E-state index in [1.54, 1.807) is 13.3 Å². The van der Waals surface area contributed by atoms with Gasteiger partial charge in [-0.1, -0.05) is 37.3 Å². The van der Waals surface area contributed by atoms with Gasteiger partial charge in [-0.15, -0.1) is 0 Å². The van der Waals surface area contributed by atoms with Crippen molar-refractivity contribution in [3.05, 3.63) is 70.3 Å². The molecule has 0 saturated heterocycles. The molecule has 0 fully saturated rings. The predicted octanol–water partition coefficient (Wildman–Crippen LogP) is 4.46. The summed E-state index contributed by atoms with van der Waals surface area (Å²) in [5, 5.41) is 19.4. The lowest BCUT2D eigenvalue weighted by Crippen LogP contribution is -2.23. The number of benzene rings is 2. The highest BCUT2D eigenvalue weighted by atomic mass is 79.9. The van der Waals surface area contributed by atoms with Gasteiger partial charge >= 0.3 is 0 Å². The number of anilines is 3. The van der Waals surface area contributed by atoms with Crippen LogP contribution in [0.5, 0.6) is 5.75 Å². The molecule has 164 valence electrons. The molecular weight excluding hydrogens is 458 g/mol. The molecule has 2 aromatic carbocycles. The Labute approximate surface area is 191 Å². The fourth-order valence-electron chi connectivity index (χ4n) is 3.08. The van der Waals surface area contributed by atoms with Gasteiger partial charge in [0.25, 0.3) is 0 Å². The fourth-order valence-corrected chi connectivity index (χ4v) is 3.38. The van der Waals surface area contributed by atoms with Crippen LogP contribution in [0.1, 0.15) is 24.5 Å². The number of nitrogens with one attached hydrogen (secondary N) is 3. The smallest absolute Gasteiger partial charge is 0.229 e. The summed E-state index contributed by atoms with van der Waals surface area (Å²) in [7, 11) is 1.69. The molecule has 3 aromatic rings. The highest BCUT2D eigenvalue weighted by Crippen LogP contribution is 2.23. The molecule has 8 heteroatoms. The van der Waals surface area contributed by atoms with Crippen LogP contribution in [-0.4, -0.2) is 34.8 Å². The molecule has 3 rings (SSSR count). The van der Waals surface area contributed by atoms with E-state index in [2.05, 4.69) is 60.0 Å². The van der Waals surface area contributed by atoms with Gasteiger partial charge < -0.3 is 25.8 Å². The second kappa shape index (κ2) is 11.6. The molecule has 7 nitrogen and oxygen atoms in total. The van der Waals surface area contributed by atoms with Gasteiger partial charge in [0.2, 0.25) is 5.95 Å². The molecule has 1 heterocycles. The molecule has 1 unspecified atom stereocenters. The Morgan fingerprint density at radius 1 is 1.13 bits per heavy atom. The minimum absolute atomic E-state index is 0.0413. The highest BCUT2D eigenvalue weighted by molar-refractivity contribution is 9.10. The van der Waals surface area contributed by atoms with Crippen molar-refractivity contribution in [3.8, 4) is 5.75 Å². The maximum Gasteiger partial charge on any atom is 0.229 e. The second-order valence-electron chi connectivity index (χ2n) is 7.06. The molecule has 0 bridgehead atoms. The van der Waals surface area contributed by atoms with Crippen LogP contribution in [0.25, 0.3) is 0 Å². The lowest BCUT2D eigenvalue weighted by molar-refractivity contribution is 0.271. The van der Waals surface area contributed by atoms with Crippen LogP contribution < -0.4 is 20.7 Å². The molecule has 0 spiro atoms. The third-order valence-corrected chi connectivity index (χ3v) is 5.40. The topological polar surface area (TPSA) is 91.3 Å². The lowest BCUT2D eigenvalue weighted by atomic mass is 10.1. The van der Waals surface area contributed by atoms with Crippen molar-refractivity contribution in [1.29, 1.82) is 0 Å². The maximum absolute atomic E-state index is 9.44. The largest absolute Gasteiger partial charge is 0.496 e. The SMILES string of the molecule is CCC(CO)Nc1nc(Nc2cccc(CNCc3ccccc3OC)c2)ncc1Br. The zero-order valence-corrected chi connectivity index (χ0v) is 19.3. The standard InChI is InChI=1S/C23H28BrN5O2/c1-3-18(15-30)27-22-20(24)14-26-23(29-22)28-19-9-6-7-16(11-19)12-25-13-17-8-4-5-10-21(17)31-2/h4-11,14,18,25,30H,3,12-13,15H2,1-2H3,(H2,26,27,28,29). The van der Waals surface area contributed by atoms with Crippen molar-refractivity contribution in [2.45, 2.75) is 32.5 Å². The first kappa shape index (κ1) is 23.0. The Bertz CT molecular complexity index is 982. The summed E-state index contributed by atoms with van der Waals surface area (Å²) < 4.78 is 6.15. The van der Waals surface area contributed by atoms with Crippen molar-refractivity contribution in [2.75, 3.05) is 24.4 Å². The van der Waals surface area contributed by atoms with Gasteiger partial charge in [0.1, 0.15) is 11.6 Å². The molecule has 0 aliphatic rings.